The third kappa shape index (κ3) is 3.64. The molecule has 0 aromatic heterocycles. The Morgan fingerprint density at radius 1 is 1.19 bits per heavy atom. The molecule has 6 nitrogen and oxygen atoms in total. The normalized spacial score (nSPS) is 17.1. The maximum Gasteiger partial charge on any atom is 0.268 e. The number of aryl methyl sites for hydroxylation is 1. The van der Waals surface area contributed by atoms with E-state index in [0.717, 1.165) is 17.7 Å². The number of nitrogens with zero attached hydrogens (tertiary/aromatic N) is 1. The minimum atomic E-state index is -0.671. The second-order valence-electron chi connectivity index (χ2n) is 6.30. The zero-order valence-electron chi connectivity index (χ0n) is 14.9. The van der Waals surface area contributed by atoms with Gasteiger partial charge in [-0.05, 0) is 44.0 Å². The van der Waals surface area contributed by atoms with E-state index < -0.39 is 12.0 Å². The van der Waals surface area contributed by atoms with E-state index >= 15 is 0 Å². The molecular formula is C20H22N2O4. The van der Waals surface area contributed by atoms with Crippen molar-refractivity contribution in [2.45, 2.75) is 25.9 Å². The molecule has 2 aromatic rings. The van der Waals surface area contributed by atoms with Crippen LogP contribution in [0.1, 0.15) is 28.8 Å². The van der Waals surface area contributed by atoms with Crippen molar-refractivity contribution in [1.29, 1.82) is 0 Å². The number of hydrogen-bond acceptors (Lipinski definition) is 4. The summed E-state index contributed by atoms with van der Waals surface area (Å²) in [5, 5.41) is 0. The molecule has 3 rings (SSSR count). The second-order valence-corrected chi connectivity index (χ2v) is 6.30. The van der Waals surface area contributed by atoms with Crippen LogP contribution in [0.4, 0.5) is 5.69 Å². The molecule has 1 aliphatic heterocycles. The molecule has 1 heterocycles. The van der Waals surface area contributed by atoms with Gasteiger partial charge in [-0.25, -0.2) is 0 Å². The Hall–Kier alpha value is -3.02. The summed E-state index contributed by atoms with van der Waals surface area (Å²) >= 11 is 0. The Morgan fingerprint density at radius 2 is 1.92 bits per heavy atom. The van der Waals surface area contributed by atoms with Crippen LogP contribution < -0.4 is 20.1 Å². The molecule has 0 aliphatic carbocycles. The molecule has 1 atom stereocenters. The summed E-state index contributed by atoms with van der Waals surface area (Å²) < 4.78 is 11.1. The van der Waals surface area contributed by atoms with Gasteiger partial charge in [0.2, 0.25) is 0 Å². The number of anilines is 1. The maximum absolute atomic E-state index is 12.9. The molecule has 0 radical (unpaired) electrons. The number of carbonyl (C=O) groups excluding carboxylic acids is 2. The van der Waals surface area contributed by atoms with E-state index in [-0.39, 0.29) is 17.2 Å². The summed E-state index contributed by atoms with van der Waals surface area (Å²) in [5.41, 5.74) is 7.63. The highest BCUT2D eigenvalue weighted by atomic mass is 16.5. The molecule has 2 amide bonds. The first-order chi connectivity index (χ1) is 12.5. The maximum atomic E-state index is 12.9. The lowest BCUT2D eigenvalue weighted by molar-refractivity contribution is -0.127. The zero-order chi connectivity index (χ0) is 18.7. The highest BCUT2D eigenvalue weighted by molar-refractivity contribution is 5.98. The first-order valence-corrected chi connectivity index (χ1v) is 8.52. The lowest BCUT2D eigenvalue weighted by Crippen LogP contribution is -2.47. The number of ether oxygens (including phenoxy) is 2. The molecule has 1 aliphatic rings. The van der Waals surface area contributed by atoms with E-state index in [1.54, 1.807) is 23.1 Å². The Kier molecular flexibility index (Phi) is 5.11. The van der Waals surface area contributed by atoms with Gasteiger partial charge in [0.15, 0.2) is 6.10 Å². The number of amides is 2. The third-order valence-corrected chi connectivity index (χ3v) is 4.46. The van der Waals surface area contributed by atoms with Gasteiger partial charge in [-0.15, -0.1) is 0 Å². The van der Waals surface area contributed by atoms with Crippen LogP contribution in [0.15, 0.2) is 42.5 Å². The summed E-state index contributed by atoms with van der Waals surface area (Å²) in [4.78, 5) is 26.3. The minimum Gasteiger partial charge on any atom is -0.497 e. The van der Waals surface area contributed by atoms with E-state index in [1.165, 1.54) is 7.11 Å². The number of piperidine rings is 1. The first-order valence-electron chi connectivity index (χ1n) is 8.52. The highest BCUT2D eigenvalue weighted by Gasteiger charge is 2.32. The van der Waals surface area contributed by atoms with Crippen LogP contribution in [0.25, 0.3) is 0 Å². The van der Waals surface area contributed by atoms with E-state index in [1.807, 2.05) is 31.2 Å². The quantitative estimate of drug-likeness (QED) is 0.895. The Labute approximate surface area is 152 Å². The Bertz CT molecular complexity index is 817. The van der Waals surface area contributed by atoms with Crippen molar-refractivity contribution in [2.75, 3.05) is 18.6 Å². The number of benzene rings is 2. The van der Waals surface area contributed by atoms with Crippen LogP contribution in [0.5, 0.6) is 11.5 Å². The molecule has 0 saturated carbocycles. The average molecular weight is 354 g/mol. The van der Waals surface area contributed by atoms with Crippen molar-refractivity contribution in [3.63, 3.8) is 0 Å². The van der Waals surface area contributed by atoms with Gasteiger partial charge in [-0.3, -0.25) is 9.59 Å². The van der Waals surface area contributed by atoms with Gasteiger partial charge in [-0.2, -0.15) is 0 Å². The predicted octanol–water partition coefficient (Wildman–Crippen LogP) is 2.68. The van der Waals surface area contributed by atoms with Crippen LogP contribution in [0.2, 0.25) is 0 Å². The van der Waals surface area contributed by atoms with E-state index in [4.69, 9.17) is 15.2 Å². The van der Waals surface area contributed by atoms with E-state index in [9.17, 15) is 9.59 Å². The molecule has 2 aromatic carbocycles. The highest BCUT2D eigenvalue weighted by Crippen LogP contribution is 2.29. The number of carbonyl (C=O) groups is 2. The smallest absolute Gasteiger partial charge is 0.268 e. The van der Waals surface area contributed by atoms with Gasteiger partial charge in [-0.1, -0.05) is 17.7 Å². The largest absolute Gasteiger partial charge is 0.497 e. The number of hydrogen-bond donors (Lipinski definition) is 1. The Morgan fingerprint density at radius 3 is 2.58 bits per heavy atom. The standard InChI is InChI=1S/C20H22N2O4/c1-13-5-7-14(8-6-13)22-11-3-4-17(20(22)24)26-18-12-15(25-2)9-10-16(18)19(21)23/h5-10,12,17H,3-4,11H2,1-2H3,(H2,21,23). The zero-order valence-corrected chi connectivity index (χ0v) is 14.9. The van der Waals surface area contributed by atoms with Crippen LogP contribution in [-0.2, 0) is 4.79 Å². The van der Waals surface area contributed by atoms with Crippen molar-refractivity contribution >= 4 is 17.5 Å². The van der Waals surface area contributed by atoms with Crippen molar-refractivity contribution in [3.8, 4) is 11.5 Å². The molecule has 1 unspecified atom stereocenters. The molecular weight excluding hydrogens is 332 g/mol. The molecule has 136 valence electrons. The summed E-state index contributed by atoms with van der Waals surface area (Å²) in [6.07, 6.45) is 0.715. The molecule has 2 N–H and O–H groups in total. The fourth-order valence-corrected chi connectivity index (χ4v) is 3.02. The summed E-state index contributed by atoms with van der Waals surface area (Å²) in [5.74, 6) is 0.0595. The van der Waals surface area contributed by atoms with Crippen molar-refractivity contribution in [3.05, 3.63) is 53.6 Å². The number of primary amides is 1. The predicted molar refractivity (Wildman–Crippen MR) is 98.7 cm³/mol. The lowest BCUT2D eigenvalue weighted by Gasteiger charge is -2.32. The number of nitrogens with two attached hydrogens (primary N) is 1. The van der Waals surface area contributed by atoms with Gasteiger partial charge in [0.25, 0.3) is 11.8 Å². The van der Waals surface area contributed by atoms with Gasteiger partial charge in [0.1, 0.15) is 11.5 Å². The van der Waals surface area contributed by atoms with Crippen LogP contribution in [0.3, 0.4) is 0 Å². The van der Waals surface area contributed by atoms with Crippen molar-refractivity contribution in [1.82, 2.24) is 0 Å². The fraction of sp³-hybridized carbons (Fsp3) is 0.300. The molecule has 1 saturated heterocycles. The molecule has 6 heteroatoms. The molecule has 0 bridgehead atoms. The summed E-state index contributed by atoms with van der Waals surface area (Å²) in [6, 6.07) is 12.6. The molecule has 1 fully saturated rings. The lowest BCUT2D eigenvalue weighted by atomic mass is 10.1. The minimum absolute atomic E-state index is 0.127. The topological polar surface area (TPSA) is 81.9 Å². The van der Waals surface area contributed by atoms with Crippen LogP contribution >= 0.6 is 0 Å². The fourth-order valence-electron chi connectivity index (χ4n) is 3.02. The summed E-state index contributed by atoms with van der Waals surface area (Å²) in [7, 11) is 1.52. The molecule has 0 spiro atoms. The monoisotopic (exact) mass is 354 g/mol. The van der Waals surface area contributed by atoms with E-state index in [2.05, 4.69) is 0 Å². The molecule has 26 heavy (non-hydrogen) atoms. The summed E-state index contributed by atoms with van der Waals surface area (Å²) in [6.45, 7) is 2.64. The van der Waals surface area contributed by atoms with Crippen LogP contribution in [0, 0.1) is 6.92 Å². The van der Waals surface area contributed by atoms with Gasteiger partial charge in [0.05, 0.1) is 12.7 Å². The Balaban J connectivity index is 1.84. The van der Waals surface area contributed by atoms with Crippen LogP contribution in [-0.4, -0.2) is 31.6 Å². The van der Waals surface area contributed by atoms with Gasteiger partial charge >= 0.3 is 0 Å². The first kappa shape index (κ1) is 17.8. The average Bonchev–Trinajstić information content (AvgIpc) is 2.64. The van der Waals surface area contributed by atoms with Gasteiger partial charge < -0.3 is 20.1 Å². The van der Waals surface area contributed by atoms with E-state index in [0.29, 0.717) is 18.7 Å². The van der Waals surface area contributed by atoms with Gasteiger partial charge in [0, 0.05) is 18.3 Å². The number of methoxy groups -OCH3 is 1. The third-order valence-electron chi connectivity index (χ3n) is 4.46. The van der Waals surface area contributed by atoms with Crippen molar-refractivity contribution in [2.24, 2.45) is 5.73 Å². The number of rotatable bonds is 5. The SMILES string of the molecule is COc1ccc(C(N)=O)c(OC2CCCN(c3ccc(C)cc3)C2=O)c1. The second kappa shape index (κ2) is 7.47. The van der Waals surface area contributed by atoms with Crippen molar-refractivity contribution < 1.29 is 19.1 Å².